The normalized spacial score (nSPS) is 11.8. The molecule has 0 saturated heterocycles. The smallest absolute Gasteiger partial charge is 0.186 e. The fourth-order valence-corrected chi connectivity index (χ4v) is 5.08. The Hall–Kier alpha value is -0.0831. The van der Waals surface area contributed by atoms with Crippen molar-refractivity contribution >= 4 is 8.32 Å². The molecule has 0 spiro atoms. The van der Waals surface area contributed by atoms with E-state index in [0.29, 0.717) is 0 Å². The highest BCUT2D eigenvalue weighted by Gasteiger charge is 2.18. The molecule has 0 rings (SSSR count). The van der Waals surface area contributed by atoms with Gasteiger partial charge >= 0.3 is 0 Å². The maximum absolute atomic E-state index is 5.61. The zero-order chi connectivity index (χ0) is 20.1. The van der Waals surface area contributed by atoms with Crippen LogP contribution >= 0.6 is 0 Å². The summed E-state index contributed by atoms with van der Waals surface area (Å²) in [5.74, 6) is 0. The highest BCUT2D eigenvalue weighted by Crippen LogP contribution is 2.17. The molecule has 0 radical (unpaired) electrons. The van der Waals surface area contributed by atoms with Crippen molar-refractivity contribution in [3.63, 3.8) is 0 Å². The van der Waals surface area contributed by atoms with Gasteiger partial charge in [-0.2, -0.15) is 0 Å². The van der Waals surface area contributed by atoms with E-state index in [0.717, 1.165) is 0 Å². The summed E-state index contributed by atoms with van der Waals surface area (Å²) in [6.07, 6.45) is 29.2. The standard InChI is InChI=1S/C25H52OSi/c1-5-6-7-8-9-10-11-12-13-14-15-16-17-18-19-20-21-22-23-24-25-27(3,4)26-2/h5H,1,6-25H2,2-4H3. The molecule has 0 saturated carbocycles. The first kappa shape index (κ1) is 26.9. The number of rotatable bonds is 22. The Balaban J connectivity index is 3.06. The Kier molecular flexibility index (Phi) is 20.6. The molecule has 0 aliphatic carbocycles. The van der Waals surface area contributed by atoms with E-state index < -0.39 is 8.32 Å². The zero-order valence-corrected chi connectivity index (χ0v) is 20.3. The molecular formula is C25H52OSi. The molecule has 0 aliphatic rings. The van der Waals surface area contributed by atoms with Gasteiger partial charge in [0.25, 0.3) is 0 Å². The minimum absolute atomic E-state index is 1.20. The van der Waals surface area contributed by atoms with E-state index in [1.165, 1.54) is 128 Å². The highest BCUT2D eigenvalue weighted by molar-refractivity contribution is 6.71. The quantitative estimate of drug-likeness (QED) is 0.100. The molecule has 0 N–H and O–H groups in total. The van der Waals surface area contributed by atoms with Gasteiger partial charge in [-0.1, -0.05) is 115 Å². The van der Waals surface area contributed by atoms with Gasteiger partial charge in [-0.25, -0.2) is 0 Å². The first-order chi connectivity index (χ1) is 13.1. The van der Waals surface area contributed by atoms with Gasteiger partial charge in [-0.3, -0.25) is 0 Å². The first-order valence-corrected chi connectivity index (χ1v) is 15.4. The van der Waals surface area contributed by atoms with E-state index in [4.69, 9.17) is 4.43 Å². The van der Waals surface area contributed by atoms with Crippen molar-refractivity contribution in [3.8, 4) is 0 Å². The minimum Gasteiger partial charge on any atom is -0.420 e. The number of allylic oxidation sites excluding steroid dienone is 1. The molecule has 0 aromatic rings. The van der Waals surface area contributed by atoms with Gasteiger partial charge in [0.15, 0.2) is 8.32 Å². The lowest BCUT2D eigenvalue weighted by molar-refractivity contribution is 0.400. The van der Waals surface area contributed by atoms with Crippen LogP contribution in [0.1, 0.15) is 122 Å². The Morgan fingerprint density at radius 2 is 0.852 bits per heavy atom. The molecule has 0 aliphatic heterocycles. The number of hydrogen-bond donors (Lipinski definition) is 0. The average molecular weight is 397 g/mol. The van der Waals surface area contributed by atoms with Gasteiger partial charge in [-0.05, 0) is 32.0 Å². The molecule has 0 aromatic heterocycles. The van der Waals surface area contributed by atoms with Crippen LogP contribution in [0.5, 0.6) is 0 Å². The lowest BCUT2D eigenvalue weighted by Crippen LogP contribution is -2.27. The van der Waals surface area contributed by atoms with Crippen LogP contribution in [0.15, 0.2) is 12.7 Å². The predicted molar refractivity (Wildman–Crippen MR) is 127 cm³/mol. The van der Waals surface area contributed by atoms with Crippen LogP contribution in [0.2, 0.25) is 19.1 Å². The molecule has 0 bridgehead atoms. The van der Waals surface area contributed by atoms with E-state index in [1.807, 2.05) is 13.2 Å². The molecule has 1 nitrogen and oxygen atoms in total. The minimum atomic E-state index is -1.29. The SMILES string of the molecule is C=CCCCCCCCCCCCCCCCCCCCC[Si](C)(C)OC. The third-order valence-corrected chi connectivity index (χ3v) is 8.65. The Bertz CT molecular complexity index is 301. The molecule has 0 heterocycles. The second-order valence-electron chi connectivity index (χ2n) is 9.16. The molecule has 0 atom stereocenters. The van der Waals surface area contributed by atoms with Gasteiger partial charge in [0, 0.05) is 7.11 Å². The van der Waals surface area contributed by atoms with Crippen molar-refractivity contribution in [3.05, 3.63) is 12.7 Å². The Labute approximate surface area is 173 Å². The van der Waals surface area contributed by atoms with Crippen molar-refractivity contribution in [2.24, 2.45) is 0 Å². The molecule has 0 aromatic carbocycles. The van der Waals surface area contributed by atoms with Gasteiger partial charge in [0.1, 0.15) is 0 Å². The highest BCUT2D eigenvalue weighted by atomic mass is 28.4. The lowest BCUT2D eigenvalue weighted by atomic mass is 10.0. The first-order valence-electron chi connectivity index (χ1n) is 12.3. The molecular weight excluding hydrogens is 344 g/mol. The van der Waals surface area contributed by atoms with E-state index >= 15 is 0 Å². The molecule has 2 heteroatoms. The topological polar surface area (TPSA) is 9.23 Å². The molecule has 162 valence electrons. The summed E-state index contributed by atoms with van der Waals surface area (Å²) in [6.45, 7) is 8.45. The monoisotopic (exact) mass is 396 g/mol. The van der Waals surface area contributed by atoms with E-state index in [-0.39, 0.29) is 0 Å². The van der Waals surface area contributed by atoms with Crippen molar-refractivity contribution in [2.75, 3.05) is 7.11 Å². The van der Waals surface area contributed by atoms with Crippen molar-refractivity contribution in [2.45, 2.75) is 141 Å². The summed E-state index contributed by atoms with van der Waals surface area (Å²) in [5, 5.41) is 0. The van der Waals surface area contributed by atoms with Gasteiger partial charge in [-0.15, -0.1) is 6.58 Å². The van der Waals surface area contributed by atoms with Crippen LogP contribution in [-0.2, 0) is 4.43 Å². The molecule has 27 heavy (non-hydrogen) atoms. The number of unbranched alkanes of at least 4 members (excludes halogenated alkanes) is 18. The third kappa shape index (κ3) is 22.1. The molecule has 0 unspecified atom stereocenters. The van der Waals surface area contributed by atoms with Crippen LogP contribution in [-0.4, -0.2) is 15.4 Å². The molecule has 0 fully saturated rings. The lowest BCUT2D eigenvalue weighted by Gasteiger charge is -2.19. The van der Waals surface area contributed by atoms with Crippen molar-refractivity contribution < 1.29 is 4.43 Å². The fraction of sp³-hybridized carbons (Fsp3) is 0.920. The average Bonchev–Trinajstić information content (AvgIpc) is 2.66. The number of hydrogen-bond acceptors (Lipinski definition) is 1. The van der Waals surface area contributed by atoms with Crippen LogP contribution in [0.25, 0.3) is 0 Å². The van der Waals surface area contributed by atoms with Crippen molar-refractivity contribution in [1.29, 1.82) is 0 Å². The van der Waals surface area contributed by atoms with Crippen LogP contribution in [0.4, 0.5) is 0 Å². The van der Waals surface area contributed by atoms with Crippen LogP contribution in [0, 0.1) is 0 Å². The summed E-state index contributed by atoms with van der Waals surface area (Å²) in [4.78, 5) is 0. The molecule has 0 amide bonds. The Morgan fingerprint density at radius 1 is 0.556 bits per heavy atom. The Morgan fingerprint density at radius 3 is 1.15 bits per heavy atom. The predicted octanol–water partition coefficient (Wildman–Crippen LogP) is 9.44. The zero-order valence-electron chi connectivity index (χ0n) is 19.3. The summed E-state index contributed by atoms with van der Waals surface area (Å²) in [5.41, 5.74) is 0. The summed E-state index contributed by atoms with van der Waals surface area (Å²) in [7, 11) is 0.595. The maximum Gasteiger partial charge on any atom is 0.186 e. The third-order valence-electron chi connectivity index (χ3n) is 5.99. The summed E-state index contributed by atoms with van der Waals surface area (Å²) >= 11 is 0. The van der Waals surface area contributed by atoms with E-state index in [2.05, 4.69) is 19.7 Å². The maximum atomic E-state index is 5.61. The van der Waals surface area contributed by atoms with Crippen LogP contribution < -0.4 is 0 Å². The van der Waals surface area contributed by atoms with Gasteiger partial charge in [0.2, 0.25) is 0 Å². The second-order valence-corrected chi connectivity index (χ2v) is 13.6. The van der Waals surface area contributed by atoms with Gasteiger partial charge in [0.05, 0.1) is 0 Å². The van der Waals surface area contributed by atoms with E-state index in [1.54, 1.807) is 0 Å². The summed E-state index contributed by atoms with van der Waals surface area (Å²) in [6, 6.07) is 1.33. The second kappa shape index (κ2) is 20.6. The largest absolute Gasteiger partial charge is 0.420 e. The van der Waals surface area contributed by atoms with E-state index in [9.17, 15) is 0 Å². The van der Waals surface area contributed by atoms with Crippen molar-refractivity contribution in [1.82, 2.24) is 0 Å². The van der Waals surface area contributed by atoms with Gasteiger partial charge < -0.3 is 4.43 Å². The fourth-order valence-electron chi connectivity index (χ4n) is 3.77. The van der Waals surface area contributed by atoms with Crippen LogP contribution in [0.3, 0.4) is 0 Å². The summed E-state index contributed by atoms with van der Waals surface area (Å²) < 4.78 is 5.61.